The first-order valence-corrected chi connectivity index (χ1v) is 21.7. The van der Waals surface area contributed by atoms with Gasteiger partial charge in [0.25, 0.3) is 0 Å². The molecule has 63 heavy (non-hydrogen) atoms. The SMILES string of the molecule is c1ccc(-n2c3ccccc3c3cc(-c4ccc(-c5cc(-c6ccc(-c7ccc8c(c7)c7ccccc7n8-c7ccccc7)cc6)c6[nH]c7ccccc7c6c5)cc4)ccc32)cc1. The van der Waals surface area contributed by atoms with Crippen molar-refractivity contribution in [3.05, 3.63) is 231 Å². The van der Waals surface area contributed by atoms with Crippen LogP contribution in [0.25, 0.3) is 121 Å². The van der Waals surface area contributed by atoms with Crippen molar-refractivity contribution in [2.75, 3.05) is 0 Å². The summed E-state index contributed by atoms with van der Waals surface area (Å²) >= 11 is 0. The summed E-state index contributed by atoms with van der Waals surface area (Å²) in [5, 5.41) is 7.49. The number of hydrogen-bond donors (Lipinski definition) is 1. The molecule has 0 aliphatic rings. The van der Waals surface area contributed by atoms with Gasteiger partial charge in [-0.3, -0.25) is 0 Å². The third-order valence-corrected chi connectivity index (χ3v) is 13.1. The van der Waals surface area contributed by atoms with E-state index in [-0.39, 0.29) is 0 Å². The first kappa shape index (κ1) is 35.4. The Morgan fingerprint density at radius 1 is 0.254 bits per heavy atom. The minimum absolute atomic E-state index is 1.14. The number of nitrogens with zero attached hydrogens (tertiary/aromatic N) is 2. The summed E-state index contributed by atoms with van der Waals surface area (Å²) in [6.07, 6.45) is 0. The molecule has 3 aromatic heterocycles. The molecule has 0 saturated heterocycles. The maximum Gasteiger partial charge on any atom is 0.0544 e. The molecule has 13 rings (SSSR count). The maximum absolute atomic E-state index is 3.79. The normalized spacial score (nSPS) is 11.8. The molecule has 0 fully saturated rings. The molecule has 13 aromatic rings. The van der Waals surface area contributed by atoms with Gasteiger partial charge in [0.15, 0.2) is 0 Å². The Hall–Kier alpha value is -8.40. The molecular weight excluding hydrogens is 763 g/mol. The van der Waals surface area contributed by atoms with Crippen LogP contribution in [0.2, 0.25) is 0 Å². The fourth-order valence-electron chi connectivity index (χ4n) is 10.1. The molecule has 0 radical (unpaired) electrons. The molecule has 0 aliphatic heterocycles. The van der Waals surface area contributed by atoms with Crippen LogP contribution in [-0.2, 0) is 0 Å². The van der Waals surface area contributed by atoms with E-state index < -0.39 is 0 Å². The zero-order valence-electron chi connectivity index (χ0n) is 34.3. The number of para-hydroxylation sites is 5. The molecule has 3 nitrogen and oxygen atoms in total. The van der Waals surface area contributed by atoms with Crippen molar-refractivity contribution in [3.8, 4) is 55.9 Å². The maximum atomic E-state index is 3.79. The second kappa shape index (κ2) is 14.1. The minimum atomic E-state index is 1.14. The number of fused-ring (bicyclic) bond motifs is 9. The number of H-pyrrole nitrogens is 1. The van der Waals surface area contributed by atoms with Gasteiger partial charge in [-0.1, -0.05) is 152 Å². The van der Waals surface area contributed by atoms with E-state index in [2.05, 4.69) is 245 Å². The molecule has 10 aromatic carbocycles. The Labute approximate surface area is 364 Å². The summed E-state index contributed by atoms with van der Waals surface area (Å²) in [7, 11) is 0. The van der Waals surface area contributed by atoms with Gasteiger partial charge in [-0.15, -0.1) is 0 Å². The molecule has 0 spiro atoms. The highest BCUT2D eigenvalue weighted by Gasteiger charge is 2.17. The van der Waals surface area contributed by atoms with Gasteiger partial charge in [0.1, 0.15) is 0 Å². The third kappa shape index (κ3) is 5.67. The van der Waals surface area contributed by atoms with Crippen LogP contribution >= 0.6 is 0 Å². The summed E-state index contributed by atoms with van der Waals surface area (Å²) in [6, 6.07) is 84.1. The minimum Gasteiger partial charge on any atom is -0.354 e. The third-order valence-electron chi connectivity index (χ3n) is 13.1. The van der Waals surface area contributed by atoms with Gasteiger partial charge < -0.3 is 14.1 Å². The van der Waals surface area contributed by atoms with Gasteiger partial charge in [-0.05, 0) is 118 Å². The second-order valence-electron chi connectivity index (χ2n) is 16.6. The summed E-state index contributed by atoms with van der Waals surface area (Å²) < 4.78 is 4.74. The average molecular weight is 802 g/mol. The topological polar surface area (TPSA) is 25.6 Å². The van der Waals surface area contributed by atoms with E-state index in [1.807, 2.05) is 0 Å². The molecule has 1 N–H and O–H groups in total. The van der Waals surface area contributed by atoms with Gasteiger partial charge in [0.2, 0.25) is 0 Å². The molecule has 0 atom stereocenters. The molecule has 294 valence electrons. The lowest BCUT2D eigenvalue weighted by molar-refractivity contribution is 1.18. The van der Waals surface area contributed by atoms with Crippen LogP contribution in [0.5, 0.6) is 0 Å². The van der Waals surface area contributed by atoms with E-state index in [1.165, 1.54) is 110 Å². The van der Waals surface area contributed by atoms with E-state index in [0.29, 0.717) is 0 Å². The first-order chi connectivity index (χ1) is 31.2. The lowest BCUT2D eigenvalue weighted by Gasteiger charge is -2.11. The summed E-state index contributed by atoms with van der Waals surface area (Å²) in [5.41, 5.74) is 19.1. The van der Waals surface area contributed by atoms with Crippen molar-refractivity contribution in [2.24, 2.45) is 0 Å². The van der Waals surface area contributed by atoms with Crippen LogP contribution in [0.1, 0.15) is 0 Å². The Bertz CT molecular complexity index is 3870. The number of aromatic amines is 1. The monoisotopic (exact) mass is 801 g/mol. The van der Waals surface area contributed by atoms with Crippen LogP contribution in [0.3, 0.4) is 0 Å². The second-order valence-corrected chi connectivity index (χ2v) is 16.6. The van der Waals surface area contributed by atoms with Gasteiger partial charge in [0, 0.05) is 54.8 Å². The lowest BCUT2D eigenvalue weighted by Crippen LogP contribution is -1.92. The predicted octanol–water partition coefficient (Wildman–Crippen LogP) is 16.2. The van der Waals surface area contributed by atoms with E-state index in [9.17, 15) is 0 Å². The van der Waals surface area contributed by atoms with Crippen LogP contribution in [0.15, 0.2) is 231 Å². The van der Waals surface area contributed by atoms with E-state index in [4.69, 9.17) is 0 Å². The molecule has 0 aliphatic carbocycles. The number of benzene rings is 10. The fourth-order valence-corrected chi connectivity index (χ4v) is 10.1. The van der Waals surface area contributed by atoms with Crippen molar-refractivity contribution in [2.45, 2.75) is 0 Å². The molecule has 3 heterocycles. The van der Waals surface area contributed by atoms with Crippen LogP contribution < -0.4 is 0 Å². The number of nitrogens with one attached hydrogen (secondary N) is 1. The molecule has 3 heteroatoms. The zero-order chi connectivity index (χ0) is 41.4. The van der Waals surface area contributed by atoms with Gasteiger partial charge in [0.05, 0.1) is 27.6 Å². The van der Waals surface area contributed by atoms with Crippen LogP contribution in [0, 0.1) is 0 Å². The van der Waals surface area contributed by atoms with Crippen molar-refractivity contribution >= 4 is 65.4 Å². The quantitative estimate of drug-likeness (QED) is 0.173. The molecule has 0 amide bonds. The summed E-state index contributed by atoms with van der Waals surface area (Å²) in [6.45, 7) is 0. The Balaban J connectivity index is 0.880. The Morgan fingerprint density at radius 3 is 1.19 bits per heavy atom. The Morgan fingerprint density at radius 2 is 0.651 bits per heavy atom. The fraction of sp³-hybridized carbons (Fsp3) is 0. The number of hydrogen-bond acceptors (Lipinski definition) is 0. The van der Waals surface area contributed by atoms with Crippen molar-refractivity contribution in [1.82, 2.24) is 14.1 Å². The largest absolute Gasteiger partial charge is 0.354 e. The van der Waals surface area contributed by atoms with Crippen molar-refractivity contribution in [1.29, 1.82) is 0 Å². The van der Waals surface area contributed by atoms with E-state index in [1.54, 1.807) is 0 Å². The average Bonchev–Trinajstić information content (AvgIpc) is 4.02. The van der Waals surface area contributed by atoms with Crippen molar-refractivity contribution in [3.63, 3.8) is 0 Å². The number of aromatic nitrogens is 3. The summed E-state index contributed by atoms with van der Waals surface area (Å²) in [4.78, 5) is 3.79. The van der Waals surface area contributed by atoms with Crippen LogP contribution in [-0.4, -0.2) is 14.1 Å². The Kier molecular flexibility index (Phi) is 7.91. The molecular formula is C60H39N3. The van der Waals surface area contributed by atoms with Gasteiger partial charge in [-0.25, -0.2) is 0 Å². The predicted molar refractivity (Wildman–Crippen MR) is 266 cm³/mol. The van der Waals surface area contributed by atoms with E-state index >= 15 is 0 Å². The zero-order valence-corrected chi connectivity index (χ0v) is 34.3. The smallest absolute Gasteiger partial charge is 0.0544 e. The van der Waals surface area contributed by atoms with Crippen molar-refractivity contribution < 1.29 is 0 Å². The van der Waals surface area contributed by atoms with E-state index in [0.717, 1.165) is 11.0 Å². The highest BCUT2D eigenvalue weighted by molar-refractivity contribution is 6.14. The lowest BCUT2D eigenvalue weighted by atomic mass is 9.93. The van der Waals surface area contributed by atoms with Gasteiger partial charge >= 0.3 is 0 Å². The van der Waals surface area contributed by atoms with Gasteiger partial charge in [-0.2, -0.15) is 0 Å². The molecule has 0 saturated carbocycles. The van der Waals surface area contributed by atoms with Crippen LogP contribution in [0.4, 0.5) is 0 Å². The number of rotatable bonds is 6. The first-order valence-electron chi connectivity index (χ1n) is 21.7. The standard InChI is InChI=1S/C60H39N3/c1-3-13-46(14-4-1)62-56-21-11-8-18-49(56)52-35-43(31-33-58(52)62)39-23-25-41(26-24-39)45-37-51(60-54(38-45)48-17-7-10-20-55(48)61-60)42-29-27-40(28-30-42)44-32-34-59-53(36-44)50-19-9-12-22-57(50)63(59)47-15-5-2-6-16-47/h1-38,61H. The molecule has 0 bridgehead atoms. The highest BCUT2D eigenvalue weighted by atomic mass is 15.0. The molecule has 0 unspecified atom stereocenters. The summed E-state index contributed by atoms with van der Waals surface area (Å²) in [5.74, 6) is 0. The highest BCUT2D eigenvalue weighted by Crippen LogP contribution is 2.41.